The van der Waals surface area contributed by atoms with Crippen molar-refractivity contribution < 1.29 is 9.90 Å². The molecule has 4 heteroatoms. The molecular weight excluding hydrogens is 262 g/mol. The molecule has 0 heterocycles. The fourth-order valence-corrected chi connectivity index (χ4v) is 1.97. The molecule has 0 unspecified atom stereocenters. The summed E-state index contributed by atoms with van der Waals surface area (Å²) in [6, 6.07) is 12.2. The molecule has 2 aromatic rings. The highest BCUT2D eigenvalue weighted by atomic mass is 35.5. The van der Waals surface area contributed by atoms with Gasteiger partial charge in [-0.05, 0) is 24.6 Å². The molecule has 0 aromatic heterocycles. The summed E-state index contributed by atoms with van der Waals surface area (Å²) in [7, 11) is 0. The van der Waals surface area contributed by atoms with Crippen LogP contribution in [-0.4, -0.2) is 11.0 Å². The minimum atomic E-state index is -0.253. The molecule has 2 aromatic carbocycles. The van der Waals surface area contributed by atoms with Gasteiger partial charge in [-0.15, -0.1) is 0 Å². The zero-order chi connectivity index (χ0) is 13.8. The lowest BCUT2D eigenvalue weighted by Crippen LogP contribution is -2.23. The lowest BCUT2D eigenvalue weighted by Gasteiger charge is -2.09. The molecule has 0 bridgehead atoms. The van der Waals surface area contributed by atoms with Crippen molar-refractivity contribution in [2.45, 2.75) is 13.5 Å². The molecule has 0 spiro atoms. The zero-order valence-electron chi connectivity index (χ0n) is 10.5. The average molecular weight is 276 g/mol. The third-order valence-electron chi connectivity index (χ3n) is 2.87. The van der Waals surface area contributed by atoms with Crippen LogP contribution < -0.4 is 5.32 Å². The van der Waals surface area contributed by atoms with E-state index in [4.69, 9.17) is 11.6 Å². The second-order valence-corrected chi connectivity index (χ2v) is 4.63. The Morgan fingerprint density at radius 2 is 1.95 bits per heavy atom. The van der Waals surface area contributed by atoms with Crippen LogP contribution in [0, 0.1) is 6.92 Å². The van der Waals surface area contributed by atoms with Crippen LogP contribution in [0.4, 0.5) is 0 Å². The number of carbonyl (C=O) groups excluding carboxylic acids is 1. The Hall–Kier alpha value is -2.00. The molecule has 19 heavy (non-hydrogen) atoms. The number of aryl methyl sites for hydroxylation is 1. The van der Waals surface area contributed by atoms with E-state index in [1.165, 1.54) is 0 Å². The number of hydrogen-bond acceptors (Lipinski definition) is 2. The first-order valence-electron chi connectivity index (χ1n) is 5.90. The van der Waals surface area contributed by atoms with E-state index in [0.717, 1.165) is 5.56 Å². The van der Waals surface area contributed by atoms with Gasteiger partial charge in [0.05, 0.1) is 10.6 Å². The first-order valence-corrected chi connectivity index (χ1v) is 6.27. The number of carbonyl (C=O) groups is 1. The lowest BCUT2D eigenvalue weighted by atomic mass is 10.1. The lowest BCUT2D eigenvalue weighted by molar-refractivity contribution is 0.0951. The number of phenolic OH excluding ortho intramolecular Hbond substituents is 1. The maximum Gasteiger partial charge on any atom is 0.253 e. The van der Waals surface area contributed by atoms with Crippen molar-refractivity contribution in [3.63, 3.8) is 0 Å². The Morgan fingerprint density at radius 1 is 1.21 bits per heavy atom. The molecule has 1 amide bonds. The van der Waals surface area contributed by atoms with E-state index in [0.29, 0.717) is 16.1 Å². The number of halogens is 1. The van der Waals surface area contributed by atoms with Gasteiger partial charge in [0, 0.05) is 12.1 Å². The highest BCUT2D eigenvalue weighted by molar-refractivity contribution is 6.34. The van der Waals surface area contributed by atoms with Crippen molar-refractivity contribution in [1.82, 2.24) is 5.32 Å². The van der Waals surface area contributed by atoms with Crippen molar-refractivity contribution in [3.05, 3.63) is 64.2 Å². The van der Waals surface area contributed by atoms with Gasteiger partial charge in [-0.1, -0.05) is 41.9 Å². The van der Waals surface area contributed by atoms with Gasteiger partial charge in [0.2, 0.25) is 0 Å². The molecule has 2 rings (SSSR count). The van der Waals surface area contributed by atoms with Crippen LogP contribution >= 0.6 is 11.6 Å². The number of hydrogen-bond donors (Lipinski definition) is 2. The van der Waals surface area contributed by atoms with Gasteiger partial charge in [0.25, 0.3) is 5.91 Å². The van der Waals surface area contributed by atoms with E-state index in [9.17, 15) is 9.90 Å². The van der Waals surface area contributed by atoms with Crippen LogP contribution in [-0.2, 0) is 6.54 Å². The van der Waals surface area contributed by atoms with Crippen molar-refractivity contribution in [3.8, 4) is 5.75 Å². The SMILES string of the molecule is Cc1cccc(C(=O)NCc2ccccc2O)c1Cl. The summed E-state index contributed by atoms with van der Waals surface area (Å²) in [4.78, 5) is 12.0. The van der Waals surface area contributed by atoms with Crippen LogP contribution in [0.25, 0.3) is 0 Å². The van der Waals surface area contributed by atoms with Crippen molar-refractivity contribution in [2.75, 3.05) is 0 Å². The summed E-state index contributed by atoms with van der Waals surface area (Å²) in [6.45, 7) is 2.11. The highest BCUT2D eigenvalue weighted by Gasteiger charge is 2.11. The number of benzene rings is 2. The van der Waals surface area contributed by atoms with Crippen LogP contribution in [0.3, 0.4) is 0 Å². The maximum atomic E-state index is 12.0. The van der Waals surface area contributed by atoms with E-state index in [2.05, 4.69) is 5.32 Å². The van der Waals surface area contributed by atoms with Crippen LogP contribution in [0.2, 0.25) is 5.02 Å². The molecule has 0 aliphatic carbocycles. The summed E-state index contributed by atoms with van der Waals surface area (Å²) in [5, 5.41) is 12.8. The smallest absolute Gasteiger partial charge is 0.253 e. The third kappa shape index (κ3) is 3.06. The van der Waals surface area contributed by atoms with Gasteiger partial charge in [-0.25, -0.2) is 0 Å². The first-order chi connectivity index (χ1) is 9.09. The molecule has 0 radical (unpaired) electrons. The fraction of sp³-hybridized carbons (Fsp3) is 0.133. The molecule has 98 valence electrons. The number of phenols is 1. The second-order valence-electron chi connectivity index (χ2n) is 4.25. The predicted octanol–water partition coefficient (Wildman–Crippen LogP) is 3.28. The molecule has 0 saturated heterocycles. The molecule has 2 N–H and O–H groups in total. The Balaban J connectivity index is 2.10. The van der Waals surface area contributed by atoms with E-state index >= 15 is 0 Å². The monoisotopic (exact) mass is 275 g/mol. The predicted molar refractivity (Wildman–Crippen MR) is 75.5 cm³/mol. The Kier molecular flexibility index (Phi) is 4.07. The van der Waals surface area contributed by atoms with Crippen LogP contribution in [0.1, 0.15) is 21.5 Å². The normalized spacial score (nSPS) is 10.2. The van der Waals surface area contributed by atoms with Gasteiger partial charge in [0.15, 0.2) is 0 Å². The molecule has 0 fully saturated rings. The van der Waals surface area contributed by atoms with Gasteiger partial charge in [0.1, 0.15) is 5.75 Å². The molecule has 0 saturated carbocycles. The van der Waals surface area contributed by atoms with E-state index in [1.807, 2.05) is 13.0 Å². The Morgan fingerprint density at radius 3 is 2.68 bits per heavy atom. The third-order valence-corrected chi connectivity index (χ3v) is 3.37. The summed E-state index contributed by atoms with van der Waals surface area (Å²) in [5.41, 5.74) is 1.97. The highest BCUT2D eigenvalue weighted by Crippen LogP contribution is 2.20. The molecule has 3 nitrogen and oxygen atoms in total. The number of aromatic hydroxyl groups is 1. The molecular formula is C15H14ClNO2. The summed E-state index contributed by atoms with van der Waals surface area (Å²) < 4.78 is 0. The standard InChI is InChI=1S/C15H14ClNO2/c1-10-5-4-7-12(14(10)16)15(19)17-9-11-6-2-3-8-13(11)18/h2-8,18H,9H2,1H3,(H,17,19). The maximum absolute atomic E-state index is 12.0. The average Bonchev–Trinajstić information content (AvgIpc) is 2.40. The molecule has 0 aliphatic heterocycles. The van der Waals surface area contributed by atoms with Gasteiger partial charge >= 0.3 is 0 Å². The van der Waals surface area contributed by atoms with Gasteiger partial charge in [-0.2, -0.15) is 0 Å². The minimum absolute atomic E-state index is 0.165. The van der Waals surface area contributed by atoms with Crippen molar-refractivity contribution in [1.29, 1.82) is 0 Å². The van der Waals surface area contributed by atoms with Crippen molar-refractivity contribution >= 4 is 17.5 Å². The fourth-order valence-electron chi connectivity index (χ4n) is 1.75. The van der Waals surface area contributed by atoms with Gasteiger partial charge < -0.3 is 10.4 Å². The number of amides is 1. The van der Waals surface area contributed by atoms with E-state index < -0.39 is 0 Å². The first kappa shape index (κ1) is 13.4. The summed E-state index contributed by atoms with van der Waals surface area (Å²) in [5.74, 6) is -0.0879. The van der Waals surface area contributed by atoms with Crippen molar-refractivity contribution in [2.24, 2.45) is 0 Å². The summed E-state index contributed by atoms with van der Waals surface area (Å²) in [6.07, 6.45) is 0. The molecule has 0 aliphatic rings. The van der Waals surface area contributed by atoms with E-state index in [-0.39, 0.29) is 18.2 Å². The number of rotatable bonds is 3. The van der Waals surface area contributed by atoms with Gasteiger partial charge in [-0.3, -0.25) is 4.79 Å². The number of nitrogens with one attached hydrogen (secondary N) is 1. The topological polar surface area (TPSA) is 49.3 Å². The number of para-hydroxylation sites is 1. The largest absolute Gasteiger partial charge is 0.508 e. The second kappa shape index (κ2) is 5.76. The summed E-state index contributed by atoms with van der Waals surface area (Å²) >= 11 is 6.09. The van der Waals surface area contributed by atoms with Crippen LogP contribution in [0.5, 0.6) is 5.75 Å². The molecule has 0 atom stereocenters. The Labute approximate surface area is 116 Å². The quantitative estimate of drug-likeness (QED) is 0.903. The van der Waals surface area contributed by atoms with Crippen LogP contribution in [0.15, 0.2) is 42.5 Å². The Bertz CT molecular complexity index is 611. The minimum Gasteiger partial charge on any atom is -0.508 e. The zero-order valence-corrected chi connectivity index (χ0v) is 11.2. The van der Waals surface area contributed by atoms with E-state index in [1.54, 1.807) is 36.4 Å².